The van der Waals surface area contributed by atoms with Gasteiger partial charge in [0.15, 0.2) is 0 Å². The third kappa shape index (κ3) is 2.77. The molecule has 136 valence electrons. The van der Waals surface area contributed by atoms with Crippen LogP contribution in [0.3, 0.4) is 0 Å². The monoisotopic (exact) mass is 354 g/mol. The molecule has 7 nitrogen and oxygen atoms in total. The van der Waals surface area contributed by atoms with Crippen molar-refractivity contribution >= 4 is 11.9 Å². The Morgan fingerprint density at radius 1 is 1.23 bits per heavy atom. The summed E-state index contributed by atoms with van der Waals surface area (Å²) in [4.78, 5) is 26.1. The van der Waals surface area contributed by atoms with Gasteiger partial charge in [0.05, 0.1) is 23.5 Å². The van der Waals surface area contributed by atoms with E-state index in [1.165, 1.54) is 0 Å². The largest absolute Gasteiger partial charge is 0.480 e. The van der Waals surface area contributed by atoms with Crippen molar-refractivity contribution in [3.05, 3.63) is 41.7 Å². The molecule has 2 heterocycles. The SMILES string of the molecule is Cc1c(CC(=O)N2CC3CCCC3C2C(=O)O)nnn1-c1ccccc1. The van der Waals surface area contributed by atoms with Crippen LogP contribution >= 0.6 is 0 Å². The number of hydrogen-bond acceptors (Lipinski definition) is 4. The molecule has 4 rings (SSSR count). The van der Waals surface area contributed by atoms with Gasteiger partial charge in [-0.1, -0.05) is 29.8 Å². The zero-order valence-corrected chi connectivity index (χ0v) is 14.7. The fourth-order valence-electron chi connectivity index (χ4n) is 4.46. The molecular weight excluding hydrogens is 332 g/mol. The van der Waals surface area contributed by atoms with Crippen LogP contribution in [0.1, 0.15) is 30.7 Å². The van der Waals surface area contributed by atoms with E-state index in [9.17, 15) is 14.7 Å². The summed E-state index contributed by atoms with van der Waals surface area (Å²) in [5.41, 5.74) is 2.28. The number of carbonyl (C=O) groups excluding carboxylic acids is 1. The third-order valence-electron chi connectivity index (χ3n) is 5.77. The average molecular weight is 354 g/mol. The van der Waals surface area contributed by atoms with Crippen LogP contribution in [0, 0.1) is 18.8 Å². The number of carboxylic acid groups (broad SMARTS) is 1. The quantitative estimate of drug-likeness (QED) is 0.905. The minimum atomic E-state index is -0.891. The first-order valence-corrected chi connectivity index (χ1v) is 9.05. The van der Waals surface area contributed by atoms with Gasteiger partial charge in [-0.2, -0.15) is 0 Å². The smallest absolute Gasteiger partial charge is 0.326 e. The predicted molar refractivity (Wildman–Crippen MR) is 93.8 cm³/mol. The zero-order chi connectivity index (χ0) is 18.3. The van der Waals surface area contributed by atoms with Crippen molar-refractivity contribution in [2.24, 2.45) is 11.8 Å². The minimum absolute atomic E-state index is 0.0852. The molecule has 1 aromatic heterocycles. The van der Waals surface area contributed by atoms with Crippen molar-refractivity contribution in [3.8, 4) is 5.69 Å². The third-order valence-corrected chi connectivity index (χ3v) is 5.77. The molecule has 1 N–H and O–H groups in total. The summed E-state index contributed by atoms with van der Waals surface area (Å²) < 4.78 is 1.70. The van der Waals surface area contributed by atoms with Crippen LogP contribution in [-0.2, 0) is 16.0 Å². The van der Waals surface area contributed by atoms with E-state index in [1.807, 2.05) is 37.3 Å². The van der Waals surface area contributed by atoms with Crippen LogP contribution in [-0.4, -0.2) is 49.5 Å². The van der Waals surface area contributed by atoms with Crippen LogP contribution < -0.4 is 0 Å². The van der Waals surface area contributed by atoms with Crippen molar-refractivity contribution in [1.29, 1.82) is 0 Å². The van der Waals surface area contributed by atoms with Crippen LogP contribution in [0.15, 0.2) is 30.3 Å². The highest BCUT2D eigenvalue weighted by Crippen LogP contribution is 2.42. The van der Waals surface area contributed by atoms with E-state index in [2.05, 4.69) is 10.3 Å². The first-order valence-electron chi connectivity index (χ1n) is 9.05. The number of hydrogen-bond donors (Lipinski definition) is 1. The standard InChI is InChI=1S/C19H22N4O3/c1-12-16(20-21-23(12)14-7-3-2-4-8-14)10-17(24)22-11-13-6-5-9-15(13)18(22)19(25)26/h2-4,7-8,13,15,18H,5-6,9-11H2,1H3,(H,25,26). The van der Waals surface area contributed by atoms with E-state index in [-0.39, 0.29) is 18.2 Å². The van der Waals surface area contributed by atoms with Gasteiger partial charge in [0.2, 0.25) is 5.91 Å². The molecule has 2 aromatic rings. The molecule has 0 radical (unpaired) electrons. The number of aliphatic carboxylic acids is 1. The maximum atomic E-state index is 12.8. The molecule has 1 saturated carbocycles. The number of aromatic nitrogens is 3. The zero-order valence-electron chi connectivity index (χ0n) is 14.7. The van der Waals surface area contributed by atoms with Gasteiger partial charge in [0.1, 0.15) is 6.04 Å². The first-order chi connectivity index (χ1) is 12.6. The maximum absolute atomic E-state index is 12.8. The molecule has 1 aliphatic carbocycles. The summed E-state index contributed by atoms with van der Waals surface area (Å²) in [5.74, 6) is -0.647. The molecule has 1 amide bonds. The summed E-state index contributed by atoms with van der Waals surface area (Å²) in [6.45, 7) is 2.43. The molecule has 0 bridgehead atoms. The van der Waals surface area contributed by atoms with Crippen LogP contribution in [0.5, 0.6) is 0 Å². The Morgan fingerprint density at radius 2 is 2.00 bits per heavy atom. The van der Waals surface area contributed by atoms with Gasteiger partial charge in [-0.05, 0) is 43.7 Å². The van der Waals surface area contributed by atoms with Gasteiger partial charge in [0, 0.05) is 6.54 Å². The summed E-state index contributed by atoms with van der Waals surface area (Å²) in [6, 6.07) is 8.92. The lowest BCUT2D eigenvalue weighted by Crippen LogP contribution is -2.44. The molecule has 1 aromatic carbocycles. The molecule has 1 aliphatic heterocycles. The molecule has 3 unspecified atom stereocenters. The number of likely N-dealkylation sites (tertiary alicyclic amines) is 1. The van der Waals surface area contributed by atoms with Crippen molar-refractivity contribution < 1.29 is 14.7 Å². The van der Waals surface area contributed by atoms with Crippen LogP contribution in [0.25, 0.3) is 5.69 Å². The van der Waals surface area contributed by atoms with Crippen molar-refractivity contribution in [3.63, 3.8) is 0 Å². The molecule has 2 aliphatic rings. The lowest BCUT2D eigenvalue weighted by Gasteiger charge is -2.24. The Bertz CT molecular complexity index is 833. The minimum Gasteiger partial charge on any atom is -0.480 e. The first kappa shape index (κ1) is 16.8. The predicted octanol–water partition coefficient (Wildman–Crippen LogP) is 1.83. The lowest BCUT2D eigenvalue weighted by molar-refractivity contribution is -0.149. The van der Waals surface area contributed by atoms with Crippen LogP contribution in [0.2, 0.25) is 0 Å². The van der Waals surface area contributed by atoms with E-state index in [0.29, 0.717) is 18.2 Å². The number of carbonyl (C=O) groups is 2. The number of para-hydroxylation sites is 1. The molecule has 0 spiro atoms. The van der Waals surface area contributed by atoms with E-state index < -0.39 is 12.0 Å². The number of amides is 1. The molecule has 26 heavy (non-hydrogen) atoms. The Balaban J connectivity index is 1.54. The molecule has 3 atom stereocenters. The van der Waals surface area contributed by atoms with E-state index in [0.717, 1.165) is 30.6 Å². The number of nitrogens with zero attached hydrogens (tertiary/aromatic N) is 4. The van der Waals surface area contributed by atoms with Crippen LogP contribution in [0.4, 0.5) is 0 Å². The number of carboxylic acids is 1. The molecule has 1 saturated heterocycles. The Hall–Kier alpha value is -2.70. The average Bonchev–Trinajstić information content (AvgIpc) is 3.30. The number of fused-ring (bicyclic) bond motifs is 1. The summed E-state index contributed by atoms with van der Waals surface area (Å²) in [7, 11) is 0. The van der Waals surface area contributed by atoms with Gasteiger partial charge in [0.25, 0.3) is 0 Å². The highest BCUT2D eigenvalue weighted by Gasteiger charge is 2.49. The Kier molecular flexibility index (Phi) is 4.22. The highest BCUT2D eigenvalue weighted by atomic mass is 16.4. The molecular formula is C19H22N4O3. The second kappa shape index (κ2) is 6.55. The van der Waals surface area contributed by atoms with E-state index >= 15 is 0 Å². The van der Waals surface area contributed by atoms with Crippen molar-refractivity contribution in [2.45, 2.75) is 38.6 Å². The van der Waals surface area contributed by atoms with Gasteiger partial charge in [-0.25, -0.2) is 9.48 Å². The fourth-order valence-corrected chi connectivity index (χ4v) is 4.46. The molecule has 2 fully saturated rings. The summed E-state index contributed by atoms with van der Waals surface area (Å²) in [6.07, 6.45) is 3.06. The summed E-state index contributed by atoms with van der Waals surface area (Å²) >= 11 is 0. The maximum Gasteiger partial charge on any atom is 0.326 e. The number of rotatable bonds is 4. The lowest BCUT2D eigenvalue weighted by atomic mass is 9.94. The molecule has 7 heteroatoms. The van der Waals surface area contributed by atoms with Crippen molar-refractivity contribution in [1.82, 2.24) is 19.9 Å². The second-order valence-electron chi connectivity index (χ2n) is 7.23. The van der Waals surface area contributed by atoms with Crippen molar-refractivity contribution in [2.75, 3.05) is 6.54 Å². The number of benzene rings is 1. The second-order valence-corrected chi connectivity index (χ2v) is 7.23. The Morgan fingerprint density at radius 3 is 2.73 bits per heavy atom. The fraction of sp³-hybridized carbons (Fsp3) is 0.474. The highest BCUT2D eigenvalue weighted by molar-refractivity contribution is 5.86. The van der Waals surface area contributed by atoms with E-state index in [4.69, 9.17) is 0 Å². The normalized spacial score (nSPS) is 24.7. The summed E-state index contributed by atoms with van der Waals surface area (Å²) in [5, 5.41) is 17.9. The van der Waals surface area contributed by atoms with E-state index in [1.54, 1.807) is 9.58 Å². The van der Waals surface area contributed by atoms with Gasteiger partial charge in [-0.15, -0.1) is 5.10 Å². The van der Waals surface area contributed by atoms with Gasteiger partial charge >= 0.3 is 5.97 Å². The Labute approximate surface area is 151 Å². The van der Waals surface area contributed by atoms with Gasteiger partial charge < -0.3 is 10.0 Å². The topological polar surface area (TPSA) is 88.3 Å². The van der Waals surface area contributed by atoms with Gasteiger partial charge in [-0.3, -0.25) is 4.79 Å².